The first-order valence-corrected chi connectivity index (χ1v) is 8.60. The zero-order valence-electron chi connectivity index (χ0n) is 13.3. The second-order valence-corrected chi connectivity index (χ2v) is 6.70. The molecule has 0 radical (unpaired) electrons. The Bertz CT molecular complexity index is 622. The molecule has 7 heteroatoms. The van der Waals surface area contributed by atoms with Crippen molar-refractivity contribution in [3.05, 3.63) is 16.0 Å². The van der Waals surface area contributed by atoms with E-state index in [1.165, 1.54) is 11.3 Å². The molecule has 1 heterocycles. The van der Waals surface area contributed by atoms with E-state index in [2.05, 4.69) is 12.2 Å². The number of anilines is 1. The van der Waals surface area contributed by atoms with Crippen LogP contribution in [0.15, 0.2) is 0 Å². The number of aryl methyl sites for hydroxylation is 1. The average molecular weight is 339 g/mol. The molecule has 126 valence electrons. The van der Waals surface area contributed by atoms with Crippen molar-refractivity contribution in [3.8, 4) is 0 Å². The number of rotatable bonds is 6. The highest BCUT2D eigenvalue weighted by Crippen LogP contribution is 2.43. The molecule has 0 spiro atoms. The summed E-state index contributed by atoms with van der Waals surface area (Å²) >= 11 is 1.40. The van der Waals surface area contributed by atoms with Crippen LogP contribution in [-0.4, -0.2) is 29.6 Å². The lowest BCUT2D eigenvalue weighted by Gasteiger charge is -2.19. The molecule has 2 N–H and O–H groups in total. The number of carbonyl (C=O) groups is 3. The third-order valence-corrected chi connectivity index (χ3v) is 5.04. The van der Waals surface area contributed by atoms with Crippen molar-refractivity contribution < 1.29 is 24.2 Å². The lowest BCUT2D eigenvalue weighted by atomic mass is 9.86. The molecule has 23 heavy (non-hydrogen) atoms. The lowest BCUT2D eigenvalue weighted by Crippen LogP contribution is -2.17. The molecule has 1 atom stereocenters. The van der Waals surface area contributed by atoms with Gasteiger partial charge in [0.05, 0.1) is 18.6 Å². The van der Waals surface area contributed by atoms with Crippen LogP contribution in [0.1, 0.15) is 66.2 Å². The van der Waals surface area contributed by atoms with Crippen molar-refractivity contribution in [3.63, 3.8) is 0 Å². The maximum absolute atomic E-state index is 12.3. The van der Waals surface area contributed by atoms with E-state index in [0.717, 1.165) is 29.7 Å². The fourth-order valence-corrected chi connectivity index (χ4v) is 4.18. The summed E-state index contributed by atoms with van der Waals surface area (Å²) in [5, 5.41) is 11.8. The van der Waals surface area contributed by atoms with Gasteiger partial charge in [0.25, 0.3) is 0 Å². The molecule has 0 fully saturated rings. The van der Waals surface area contributed by atoms with Crippen molar-refractivity contribution in [1.29, 1.82) is 0 Å². The number of amides is 1. The predicted octanol–water partition coefficient (Wildman–Crippen LogP) is 3.17. The van der Waals surface area contributed by atoms with Crippen LogP contribution in [0.2, 0.25) is 0 Å². The van der Waals surface area contributed by atoms with E-state index >= 15 is 0 Å². The van der Waals surface area contributed by atoms with Gasteiger partial charge in [-0.15, -0.1) is 11.3 Å². The molecule has 0 saturated carbocycles. The maximum Gasteiger partial charge on any atom is 0.341 e. The molecule has 0 unspecified atom stereocenters. The van der Waals surface area contributed by atoms with Crippen LogP contribution >= 0.6 is 11.3 Å². The van der Waals surface area contributed by atoms with E-state index in [1.807, 2.05) is 0 Å². The van der Waals surface area contributed by atoms with Crippen LogP contribution in [0.25, 0.3) is 0 Å². The topological polar surface area (TPSA) is 92.7 Å². The van der Waals surface area contributed by atoms with Crippen molar-refractivity contribution in [2.75, 3.05) is 11.9 Å². The number of carbonyl (C=O) groups excluding carboxylic acids is 2. The van der Waals surface area contributed by atoms with E-state index in [0.29, 0.717) is 10.6 Å². The molecule has 2 rings (SSSR count). The smallest absolute Gasteiger partial charge is 0.341 e. The van der Waals surface area contributed by atoms with Crippen LogP contribution < -0.4 is 5.32 Å². The molecule has 1 aromatic rings. The number of hydrogen-bond donors (Lipinski definition) is 2. The summed E-state index contributed by atoms with van der Waals surface area (Å²) in [5.74, 6) is -1.60. The summed E-state index contributed by atoms with van der Waals surface area (Å²) in [4.78, 5) is 35.9. The average Bonchev–Trinajstić information content (AvgIpc) is 2.84. The number of thiophene rings is 1. The number of carboxylic acids is 1. The Hall–Kier alpha value is -1.89. The Morgan fingerprint density at radius 1 is 1.35 bits per heavy atom. The van der Waals surface area contributed by atoms with Crippen LogP contribution in [-0.2, 0) is 20.7 Å². The quantitative estimate of drug-likeness (QED) is 0.777. The Kier molecular flexibility index (Phi) is 5.76. The van der Waals surface area contributed by atoms with Crippen molar-refractivity contribution in [2.45, 2.75) is 51.9 Å². The summed E-state index contributed by atoms with van der Waals surface area (Å²) in [6.07, 6.45) is 2.60. The first-order chi connectivity index (χ1) is 10.9. The number of hydrogen-bond acceptors (Lipinski definition) is 5. The largest absolute Gasteiger partial charge is 0.481 e. The SMILES string of the molecule is CCOC(=O)c1c(NC(=O)CCC(=O)O)sc2c1[C@H](C)CCC2. The second-order valence-electron chi connectivity index (χ2n) is 5.60. The van der Waals surface area contributed by atoms with Crippen LogP contribution in [0.5, 0.6) is 0 Å². The summed E-state index contributed by atoms with van der Waals surface area (Å²) in [5.41, 5.74) is 1.43. The van der Waals surface area contributed by atoms with Gasteiger partial charge in [0.2, 0.25) is 5.91 Å². The molecule has 0 aromatic carbocycles. The van der Waals surface area contributed by atoms with Gasteiger partial charge < -0.3 is 15.2 Å². The highest BCUT2D eigenvalue weighted by Gasteiger charge is 2.30. The van der Waals surface area contributed by atoms with Crippen molar-refractivity contribution in [1.82, 2.24) is 0 Å². The Balaban J connectivity index is 2.29. The third-order valence-electron chi connectivity index (χ3n) is 3.85. The second kappa shape index (κ2) is 7.59. The van der Waals surface area contributed by atoms with Gasteiger partial charge in [-0.2, -0.15) is 0 Å². The molecule has 6 nitrogen and oxygen atoms in total. The summed E-state index contributed by atoms with van der Waals surface area (Å²) in [6, 6.07) is 0. The number of ether oxygens (including phenoxy) is 1. The highest BCUT2D eigenvalue weighted by atomic mass is 32.1. The summed E-state index contributed by atoms with van der Waals surface area (Å²) < 4.78 is 5.14. The maximum atomic E-state index is 12.3. The van der Waals surface area contributed by atoms with E-state index < -0.39 is 17.8 Å². The fraction of sp³-hybridized carbons (Fsp3) is 0.562. The van der Waals surface area contributed by atoms with Gasteiger partial charge in [0, 0.05) is 11.3 Å². The molecule has 0 bridgehead atoms. The third kappa shape index (κ3) is 4.10. The Labute approximate surface area is 138 Å². The standard InChI is InChI=1S/C16H21NO5S/c1-3-22-16(21)14-13-9(2)5-4-6-10(13)23-15(14)17-11(18)7-8-12(19)20/h9H,3-8H2,1-2H3,(H,17,18)(H,19,20)/t9-/m1/s1. The first kappa shape index (κ1) is 17.5. The number of aliphatic carboxylic acids is 1. The zero-order chi connectivity index (χ0) is 17.0. The number of nitrogens with one attached hydrogen (secondary N) is 1. The zero-order valence-corrected chi connectivity index (χ0v) is 14.1. The minimum atomic E-state index is -1.02. The fourth-order valence-electron chi connectivity index (χ4n) is 2.81. The molecule has 1 aliphatic carbocycles. The Morgan fingerprint density at radius 3 is 2.74 bits per heavy atom. The van der Waals surface area contributed by atoms with Gasteiger partial charge >= 0.3 is 11.9 Å². The van der Waals surface area contributed by atoms with E-state index in [1.54, 1.807) is 6.92 Å². The first-order valence-electron chi connectivity index (χ1n) is 7.78. The predicted molar refractivity (Wildman–Crippen MR) is 87.1 cm³/mol. The van der Waals surface area contributed by atoms with Crippen LogP contribution in [0.4, 0.5) is 5.00 Å². The van der Waals surface area contributed by atoms with Crippen LogP contribution in [0.3, 0.4) is 0 Å². The molecule has 1 aromatic heterocycles. The van der Waals surface area contributed by atoms with Crippen molar-refractivity contribution in [2.24, 2.45) is 0 Å². The lowest BCUT2D eigenvalue weighted by molar-refractivity contribution is -0.138. The van der Waals surface area contributed by atoms with Gasteiger partial charge in [0.1, 0.15) is 5.00 Å². The number of fused-ring (bicyclic) bond motifs is 1. The molecule has 0 aliphatic heterocycles. The van der Waals surface area contributed by atoms with Gasteiger partial charge in [-0.05, 0) is 37.7 Å². The minimum Gasteiger partial charge on any atom is -0.481 e. The molecular weight excluding hydrogens is 318 g/mol. The van der Waals surface area contributed by atoms with E-state index in [-0.39, 0.29) is 25.4 Å². The molecule has 0 saturated heterocycles. The highest BCUT2D eigenvalue weighted by molar-refractivity contribution is 7.17. The van der Waals surface area contributed by atoms with Gasteiger partial charge in [-0.3, -0.25) is 9.59 Å². The monoisotopic (exact) mass is 339 g/mol. The number of esters is 1. The molecule has 1 aliphatic rings. The summed E-state index contributed by atoms with van der Waals surface area (Å²) in [7, 11) is 0. The van der Waals surface area contributed by atoms with Gasteiger partial charge in [-0.25, -0.2) is 4.79 Å². The van der Waals surface area contributed by atoms with Gasteiger partial charge in [0.15, 0.2) is 0 Å². The van der Waals surface area contributed by atoms with Crippen molar-refractivity contribution >= 4 is 34.2 Å². The minimum absolute atomic E-state index is 0.115. The summed E-state index contributed by atoms with van der Waals surface area (Å²) in [6.45, 7) is 4.08. The number of carboxylic acid groups (broad SMARTS) is 1. The Morgan fingerprint density at radius 2 is 2.09 bits per heavy atom. The van der Waals surface area contributed by atoms with E-state index in [4.69, 9.17) is 9.84 Å². The van der Waals surface area contributed by atoms with Gasteiger partial charge in [-0.1, -0.05) is 6.92 Å². The molecule has 1 amide bonds. The van der Waals surface area contributed by atoms with Crippen LogP contribution in [0, 0.1) is 0 Å². The van der Waals surface area contributed by atoms with E-state index in [9.17, 15) is 14.4 Å². The molecular formula is C16H21NO5S. The normalized spacial score (nSPS) is 16.5.